The smallest absolute Gasteiger partial charge is 0.366 e. The first-order valence-electron chi connectivity index (χ1n) is 3.30. The highest BCUT2D eigenvalue weighted by atomic mass is 17.2. The zero-order valence-corrected chi connectivity index (χ0v) is 6.90. The molecule has 5 nitrogen and oxygen atoms in total. The average Bonchev–Trinajstić information content (AvgIpc) is 2.02. The van der Waals surface area contributed by atoms with Crippen molar-refractivity contribution in [3.8, 4) is 0 Å². The summed E-state index contributed by atoms with van der Waals surface area (Å²) in [5.74, 6) is -1.35. The van der Waals surface area contributed by atoms with Crippen molar-refractivity contribution in [1.82, 2.24) is 0 Å². The second kappa shape index (κ2) is 6.36. The van der Waals surface area contributed by atoms with Gasteiger partial charge in [-0.2, -0.15) is 4.89 Å². The van der Waals surface area contributed by atoms with Gasteiger partial charge in [0.1, 0.15) is 0 Å². The van der Waals surface area contributed by atoms with Crippen LogP contribution in [0, 0.1) is 0 Å². The molecule has 0 aromatic carbocycles. The molecule has 0 fully saturated rings. The number of hydrogen-bond donors (Lipinski definition) is 0. The molecule has 5 heteroatoms. The summed E-state index contributed by atoms with van der Waals surface area (Å²) in [7, 11) is 1.19. The van der Waals surface area contributed by atoms with Crippen LogP contribution in [0.3, 0.4) is 0 Å². The molecule has 0 saturated heterocycles. The molecule has 0 aromatic rings. The standard InChI is InChI=1S/C7H10O5/c1-3-11-6(8)4-5-7(9)12-10-2/h4-5H,3H2,1-2H3/b5-4-. The lowest BCUT2D eigenvalue weighted by molar-refractivity contribution is -0.249. The van der Waals surface area contributed by atoms with Crippen LogP contribution >= 0.6 is 0 Å². The third-order valence-corrected chi connectivity index (χ3v) is 0.808. The molecule has 0 aromatic heterocycles. The highest BCUT2D eigenvalue weighted by molar-refractivity contribution is 5.91. The van der Waals surface area contributed by atoms with Gasteiger partial charge >= 0.3 is 11.9 Å². The maximum absolute atomic E-state index is 10.6. The van der Waals surface area contributed by atoms with Gasteiger partial charge in [-0.1, -0.05) is 0 Å². The summed E-state index contributed by atoms with van der Waals surface area (Å²) in [5.41, 5.74) is 0. The van der Waals surface area contributed by atoms with Crippen LogP contribution in [0.25, 0.3) is 0 Å². The van der Waals surface area contributed by atoms with Gasteiger partial charge in [0.15, 0.2) is 0 Å². The first-order chi connectivity index (χ1) is 5.70. The molecule has 0 aliphatic heterocycles. The van der Waals surface area contributed by atoms with Crippen molar-refractivity contribution < 1.29 is 24.1 Å². The molecular weight excluding hydrogens is 164 g/mol. The Morgan fingerprint density at radius 2 is 1.83 bits per heavy atom. The summed E-state index contributed by atoms with van der Waals surface area (Å²) in [4.78, 5) is 29.2. The molecule has 0 atom stereocenters. The van der Waals surface area contributed by atoms with Gasteiger partial charge in [-0.15, -0.1) is 0 Å². The molecule has 12 heavy (non-hydrogen) atoms. The molecule has 0 saturated carbocycles. The maximum Gasteiger partial charge on any atom is 0.366 e. The molecule has 0 heterocycles. The summed E-state index contributed by atoms with van der Waals surface area (Å²) < 4.78 is 4.50. The number of carbonyl (C=O) groups is 2. The predicted octanol–water partition coefficient (Wildman–Crippen LogP) is 0.210. The molecule has 0 radical (unpaired) electrons. The monoisotopic (exact) mass is 174 g/mol. The third-order valence-electron chi connectivity index (χ3n) is 0.808. The Hall–Kier alpha value is -1.36. The zero-order valence-electron chi connectivity index (χ0n) is 6.90. The first kappa shape index (κ1) is 10.6. The van der Waals surface area contributed by atoms with Crippen LogP contribution in [0.1, 0.15) is 6.92 Å². The van der Waals surface area contributed by atoms with Crippen LogP contribution in [0.2, 0.25) is 0 Å². The van der Waals surface area contributed by atoms with E-state index in [1.54, 1.807) is 6.92 Å². The van der Waals surface area contributed by atoms with E-state index in [4.69, 9.17) is 0 Å². The first-order valence-corrected chi connectivity index (χ1v) is 3.30. The number of carbonyl (C=O) groups excluding carboxylic acids is 2. The van der Waals surface area contributed by atoms with Crippen molar-refractivity contribution in [2.75, 3.05) is 13.7 Å². The van der Waals surface area contributed by atoms with E-state index in [2.05, 4.69) is 14.5 Å². The SMILES string of the molecule is CCOC(=O)/C=C\C(=O)OOC. The Bertz CT molecular complexity index is 164. The van der Waals surface area contributed by atoms with Gasteiger partial charge in [-0.3, -0.25) is 4.89 Å². The normalized spacial score (nSPS) is 9.83. The topological polar surface area (TPSA) is 61.8 Å². The van der Waals surface area contributed by atoms with E-state index < -0.39 is 11.9 Å². The zero-order chi connectivity index (χ0) is 9.40. The highest BCUT2D eigenvalue weighted by Gasteiger charge is 1.98. The number of hydrogen-bond acceptors (Lipinski definition) is 5. The Morgan fingerprint density at radius 3 is 2.33 bits per heavy atom. The summed E-state index contributed by atoms with van der Waals surface area (Å²) in [6.45, 7) is 1.93. The second-order valence-corrected chi connectivity index (χ2v) is 1.65. The van der Waals surface area contributed by atoms with E-state index in [0.717, 1.165) is 12.2 Å². The van der Waals surface area contributed by atoms with Crippen LogP contribution in [0.15, 0.2) is 12.2 Å². The molecule has 0 amide bonds. The van der Waals surface area contributed by atoms with E-state index in [-0.39, 0.29) is 6.61 Å². The maximum atomic E-state index is 10.6. The molecule has 0 unspecified atom stereocenters. The molecule has 0 spiro atoms. The van der Waals surface area contributed by atoms with E-state index >= 15 is 0 Å². The fourth-order valence-corrected chi connectivity index (χ4v) is 0.436. The predicted molar refractivity (Wildman–Crippen MR) is 38.9 cm³/mol. The molecule has 0 aliphatic rings. The van der Waals surface area contributed by atoms with Gasteiger partial charge in [0.25, 0.3) is 0 Å². The Morgan fingerprint density at radius 1 is 1.25 bits per heavy atom. The fraction of sp³-hybridized carbons (Fsp3) is 0.429. The van der Waals surface area contributed by atoms with Gasteiger partial charge in [0.2, 0.25) is 0 Å². The summed E-state index contributed by atoms with van der Waals surface area (Å²) >= 11 is 0. The van der Waals surface area contributed by atoms with E-state index in [9.17, 15) is 9.59 Å². The number of rotatable bonds is 4. The van der Waals surface area contributed by atoms with E-state index in [1.807, 2.05) is 0 Å². The summed E-state index contributed by atoms with van der Waals surface area (Å²) in [6.07, 6.45) is 1.88. The third kappa shape index (κ3) is 5.43. The quantitative estimate of drug-likeness (QED) is 0.264. The van der Waals surface area contributed by atoms with Crippen LogP contribution in [0.4, 0.5) is 0 Å². The lowest BCUT2D eigenvalue weighted by Crippen LogP contribution is -2.03. The van der Waals surface area contributed by atoms with Crippen LogP contribution < -0.4 is 0 Å². The second-order valence-electron chi connectivity index (χ2n) is 1.65. The summed E-state index contributed by atoms with van der Waals surface area (Å²) in [6, 6.07) is 0. The Labute approximate surface area is 69.8 Å². The van der Waals surface area contributed by atoms with Crippen LogP contribution in [0.5, 0.6) is 0 Å². The van der Waals surface area contributed by atoms with Gasteiger partial charge in [0, 0.05) is 12.2 Å². The van der Waals surface area contributed by atoms with Crippen molar-refractivity contribution >= 4 is 11.9 Å². The molecule has 68 valence electrons. The van der Waals surface area contributed by atoms with Crippen molar-refractivity contribution in [2.24, 2.45) is 0 Å². The van der Waals surface area contributed by atoms with Gasteiger partial charge in [-0.05, 0) is 6.92 Å². The van der Waals surface area contributed by atoms with Crippen molar-refractivity contribution in [3.63, 3.8) is 0 Å². The molecule has 0 bridgehead atoms. The van der Waals surface area contributed by atoms with Crippen molar-refractivity contribution in [3.05, 3.63) is 12.2 Å². The minimum absolute atomic E-state index is 0.266. The Kier molecular flexibility index (Phi) is 5.64. The number of esters is 1. The average molecular weight is 174 g/mol. The lowest BCUT2D eigenvalue weighted by atomic mass is 10.5. The number of ether oxygens (including phenoxy) is 1. The largest absolute Gasteiger partial charge is 0.463 e. The van der Waals surface area contributed by atoms with Gasteiger partial charge in [-0.25, -0.2) is 9.59 Å². The molecule has 0 rings (SSSR count). The van der Waals surface area contributed by atoms with Gasteiger partial charge in [0.05, 0.1) is 13.7 Å². The summed E-state index contributed by atoms with van der Waals surface area (Å²) in [5, 5.41) is 0. The minimum atomic E-state index is -0.759. The molecular formula is C7H10O5. The van der Waals surface area contributed by atoms with Crippen LogP contribution in [-0.4, -0.2) is 25.7 Å². The molecule has 0 N–H and O–H groups in total. The Balaban J connectivity index is 3.73. The molecule has 0 aliphatic carbocycles. The van der Waals surface area contributed by atoms with Crippen molar-refractivity contribution in [2.45, 2.75) is 6.92 Å². The van der Waals surface area contributed by atoms with Crippen LogP contribution in [-0.2, 0) is 24.1 Å². The lowest BCUT2D eigenvalue weighted by Gasteiger charge is -1.94. The van der Waals surface area contributed by atoms with E-state index in [0.29, 0.717) is 0 Å². The van der Waals surface area contributed by atoms with Crippen molar-refractivity contribution in [1.29, 1.82) is 0 Å². The van der Waals surface area contributed by atoms with E-state index in [1.165, 1.54) is 7.11 Å². The fourth-order valence-electron chi connectivity index (χ4n) is 0.436. The highest BCUT2D eigenvalue weighted by Crippen LogP contribution is 1.84. The van der Waals surface area contributed by atoms with Gasteiger partial charge < -0.3 is 4.74 Å². The minimum Gasteiger partial charge on any atom is -0.463 e.